The van der Waals surface area contributed by atoms with Gasteiger partial charge in [0, 0.05) is 24.3 Å². The molecule has 0 aromatic carbocycles. The Morgan fingerprint density at radius 2 is 2.30 bits per heavy atom. The minimum absolute atomic E-state index is 0.282. The van der Waals surface area contributed by atoms with Crippen LogP contribution >= 0.6 is 11.3 Å². The van der Waals surface area contributed by atoms with E-state index in [1.54, 1.807) is 12.3 Å². The first-order chi connectivity index (χ1) is 9.81. The topological polar surface area (TPSA) is 91.2 Å². The van der Waals surface area contributed by atoms with Crippen molar-refractivity contribution in [2.24, 2.45) is 0 Å². The van der Waals surface area contributed by atoms with E-state index in [0.29, 0.717) is 12.4 Å². The average molecular weight is 288 g/mol. The van der Waals surface area contributed by atoms with Gasteiger partial charge in [-0.15, -0.1) is 10.2 Å². The number of hydrogen-bond acceptors (Lipinski definition) is 7. The molecule has 1 fully saturated rings. The lowest BCUT2D eigenvalue weighted by Gasteiger charge is -2.01. The first-order valence-corrected chi connectivity index (χ1v) is 7.15. The maximum atomic E-state index is 5.60. The summed E-state index contributed by atoms with van der Waals surface area (Å²) in [5, 5.41) is 13.9. The molecule has 8 heteroatoms. The number of hydrogen-bond donors (Lipinski definition) is 1. The van der Waals surface area contributed by atoms with Crippen LogP contribution in [0.1, 0.15) is 18.2 Å². The molecule has 3 aromatic rings. The summed E-state index contributed by atoms with van der Waals surface area (Å²) in [5.41, 5.74) is 6.53. The molecule has 0 amide bonds. The van der Waals surface area contributed by atoms with Gasteiger partial charge in [0.2, 0.25) is 4.96 Å². The molecule has 0 radical (unpaired) electrons. The Hall–Kier alpha value is -2.06. The molecule has 0 saturated carbocycles. The number of anilines is 1. The second-order valence-electron chi connectivity index (χ2n) is 4.69. The van der Waals surface area contributed by atoms with Crippen molar-refractivity contribution in [2.45, 2.75) is 12.3 Å². The third kappa shape index (κ3) is 1.84. The molecule has 0 spiro atoms. The van der Waals surface area contributed by atoms with E-state index in [4.69, 9.17) is 10.5 Å². The van der Waals surface area contributed by atoms with Gasteiger partial charge in [-0.1, -0.05) is 11.3 Å². The van der Waals surface area contributed by atoms with E-state index in [0.717, 1.165) is 34.4 Å². The number of pyridine rings is 1. The maximum absolute atomic E-state index is 5.60. The van der Waals surface area contributed by atoms with Crippen LogP contribution in [0.5, 0.6) is 0 Å². The lowest BCUT2D eigenvalue weighted by atomic mass is 10.1. The van der Waals surface area contributed by atoms with Crippen LogP contribution in [0.2, 0.25) is 0 Å². The van der Waals surface area contributed by atoms with Crippen LogP contribution < -0.4 is 5.73 Å². The monoisotopic (exact) mass is 288 g/mol. The molecule has 1 aliphatic heterocycles. The fourth-order valence-corrected chi connectivity index (χ4v) is 3.11. The highest BCUT2D eigenvalue weighted by atomic mass is 32.1. The van der Waals surface area contributed by atoms with Gasteiger partial charge in [-0.05, 0) is 18.6 Å². The summed E-state index contributed by atoms with van der Waals surface area (Å²) in [6, 6.07) is 3.68. The van der Waals surface area contributed by atoms with Gasteiger partial charge >= 0.3 is 0 Å². The summed E-state index contributed by atoms with van der Waals surface area (Å²) in [6.07, 6.45) is 2.69. The number of ether oxygens (including phenoxy) is 1. The Morgan fingerprint density at radius 3 is 3.05 bits per heavy atom. The van der Waals surface area contributed by atoms with E-state index in [-0.39, 0.29) is 5.92 Å². The molecule has 102 valence electrons. The van der Waals surface area contributed by atoms with E-state index in [1.807, 2.05) is 10.6 Å². The summed E-state index contributed by atoms with van der Waals surface area (Å²) in [6.45, 7) is 1.47. The third-order valence-corrected chi connectivity index (χ3v) is 4.29. The van der Waals surface area contributed by atoms with E-state index >= 15 is 0 Å². The molecule has 0 aliphatic carbocycles. The molecule has 1 aliphatic rings. The van der Waals surface area contributed by atoms with Crippen LogP contribution in [0.15, 0.2) is 18.3 Å². The summed E-state index contributed by atoms with van der Waals surface area (Å²) >= 11 is 1.49. The standard InChI is InChI=1S/C12H12N6OS/c13-9-2-1-7(5-14-9)11-17-18-10(8-3-4-19-6-8)15-16-12(18)20-11/h1-2,5,8H,3-4,6H2,(H2,13,14). The predicted octanol–water partition coefficient (Wildman–Crippen LogP) is 1.33. The fourth-order valence-electron chi connectivity index (χ4n) is 2.27. The van der Waals surface area contributed by atoms with Crippen LogP contribution in [0.3, 0.4) is 0 Å². The van der Waals surface area contributed by atoms with Gasteiger partial charge in [0.05, 0.1) is 6.61 Å². The van der Waals surface area contributed by atoms with Crippen LogP contribution in [0.25, 0.3) is 15.5 Å². The molecule has 2 N–H and O–H groups in total. The van der Waals surface area contributed by atoms with E-state index in [2.05, 4.69) is 20.3 Å². The highest BCUT2D eigenvalue weighted by Gasteiger charge is 2.25. The molecule has 4 heterocycles. The number of fused-ring (bicyclic) bond motifs is 1. The summed E-state index contributed by atoms with van der Waals surface area (Å²) in [4.78, 5) is 4.88. The molecule has 7 nitrogen and oxygen atoms in total. The molecule has 3 aromatic heterocycles. The Morgan fingerprint density at radius 1 is 1.35 bits per heavy atom. The molecular formula is C12H12N6OS. The Balaban J connectivity index is 1.77. The van der Waals surface area contributed by atoms with Crippen molar-refractivity contribution in [2.75, 3.05) is 18.9 Å². The van der Waals surface area contributed by atoms with Crippen molar-refractivity contribution < 1.29 is 4.74 Å². The van der Waals surface area contributed by atoms with Gasteiger partial charge in [-0.25, -0.2) is 4.98 Å². The Bertz CT molecular complexity index is 743. The Kier molecular flexibility index (Phi) is 2.64. The Labute approximate surface area is 118 Å². The van der Waals surface area contributed by atoms with Gasteiger partial charge in [-0.2, -0.15) is 9.61 Å². The molecule has 1 unspecified atom stereocenters. The second kappa shape index (κ2) is 4.50. The van der Waals surface area contributed by atoms with Crippen molar-refractivity contribution in [3.05, 3.63) is 24.2 Å². The summed E-state index contributed by atoms with van der Waals surface area (Å²) in [7, 11) is 0. The lowest BCUT2D eigenvalue weighted by molar-refractivity contribution is 0.193. The predicted molar refractivity (Wildman–Crippen MR) is 74.5 cm³/mol. The molecule has 1 atom stereocenters. The van der Waals surface area contributed by atoms with Crippen molar-refractivity contribution >= 4 is 22.1 Å². The van der Waals surface area contributed by atoms with Crippen LogP contribution in [-0.2, 0) is 4.74 Å². The SMILES string of the molecule is Nc1ccc(-c2nn3c(C4CCOC4)nnc3s2)cn1. The molecule has 20 heavy (non-hydrogen) atoms. The van der Waals surface area contributed by atoms with Gasteiger partial charge in [0.15, 0.2) is 5.82 Å². The van der Waals surface area contributed by atoms with Crippen LogP contribution in [0.4, 0.5) is 5.82 Å². The van der Waals surface area contributed by atoms with Gasteiger partial charge in [0.25, 0.3) is 0 Å². The zero-order valence-corrected chi connectivity index (χ0v) is 11.4. The number of aromatic nitrogens is 5. The number of nitrogens with zero attached hydrogens (tertiary/aromatic N) is 5. The smallest absolute Gasteiger partial charge is 0.234 e. The first-order valence-electron chi connectivity index (χ1n) is 6.33. The quantitative estimate of drug-likeness (QED) is 0.765. The van der Waals surface area contributed by atoms with E-state index < -0.39 is 0 Å². The van der Waals surface area contributed by atoms with Crippen molar-refractivity contribution in [3.8, 4) is 10.6 Å². The summed E-state index contributed by atoms with van der Waals surface area (Å²) < 4.78 is 7.22. The van der Waals surface area contributed by atoms with E-state index in [1.165, 1.54) is 11.3 Å². The van der Waals surface area contributed by atoms with Gasteiger partial charge < -0.3 is 10.5 Å². The van der Waals surface area contributed by atoms with Crippen LogP contribution in [0, 0.1) is 0 Å². The number of nitrogen functional groups attached to an aromatic ring is 1. The van der Waals surface area contributed by atoms with Gasteiger partial charge in [-0.3, -0.25) is 0 Å². The minimum Gasteiger partial charge on any atom is -0.384 e. The normalized spacial score (nSPS) is 18.9. The molecular weight excluding hydrogens is 276 g/mol. The van der Waals surface area contributed by atoms with Crippen molar-refractivity contribution in [3.63, 3.8) is 0 Å². The zero-order valence-electron chi connectivity index (χ0n) is 10.6. The van der Waals surface area contributed by atoms with E-state index in [9.17, 15) is 0 Å². The third-order valence-electron chi connectivity index (χ3n) is 3.34. The second-order valence-corrected chi connectivity index (χ2v) is 5.65. The summed E-state index contributed by atoms with van der Waals surface area (Å²) in [5.74, 6) is 1.66. The average Bonchev–Trinajstić information content (AvgIpc) is 3.15. The largest absolute Gasteiger partial charge is 0.384 e. The highest BCUT2D eigenvalue weighted by molar-refractivity contribution is 7.19. The molecule has 4 rings (SSSR count). The highest BCUT2D eigenvalue weighted by Crippen LogP contribution is 2.29. The molecule has 1 saturated heterocycles. The number of nitrogens with two attached hydrogens (primary N) is 1. The molecule has 0 bridgehead atoms. The van der Waals surface area contributed by atoms with Crippen molar-refractivity contribution in [1.29, 1.82) is 0 Å². The van der Waals surface area contributed by atoms with Gasteiger partial charge in [0.1, 0.15) is 10.8 Å². The maximum Gasteiger partial charge on any atom is 0.234 e. The van der Waals surface area contributed by atoms with Crippen LogP contribution in [-0.4, -0.2) is 38.0 Å². The van der Waals surface area contributed by atoms with Crippen molar-refractivity contribution in [1.82, 2.24) is 24.8 Å². The fraction of sp³-hybridized carbons (Fsp3) is 0.333. The lowest BCUT2D eigenvalue weighted by Crippen LogP contribution is -2.04. The first kappa shape index (κ1) is 11.7. The zero-order chi connectivity index (χ0) is 13.5. The minimum atomic E-state index is 0.282. The number of rotatable bonds is 2.